The predicted octanol–water partition coefficient (Wildman–Crippen LogP) is 3.19. The van der Waals surface area contributed by atoms with Crippen molar-refractivity contribution in [2.75, 3.05) is 57.2 Å². The Bertz CT molecular complexity index is 828. The maximum Gasteiger partial charge on any atom is 0.262 e. The Morgan fingerprint density at radius 1 is 1.10 bits per heavy atom. The summed E-state index contributed by atoms with van der Waals surface area (Å²) >= 11 is 0. The molecule has 1 heterocycles. The molecule has 1 fully saturated rings. The fourth-order valence-electron chi connectivity index (χ4n) is 3.29. The van der Waals surface area contributed by atoms with E-state index in [9.17, 15) is 4.79 Å². The number of hydrogen-bond donors (Lipinski definition) is 1. The van der Waals surface area contributed by atoms with Crippen molar-refractivity contribution in [2.24, 2.45) is 0 Å². The van der Waals surface area contributed by atoms with E-state index in [1.165, 1.54) is 5.69 Å². The van der Waals surface area contributed by atoms with Gasteiger partial charge in [0, 0.05) is 37.6 Å². The third kappa shape index (κ3) is 5.74. The first-order valence-electron chi connectivity index (χ1n) is 9.83. The molecule has 6 nitrogen and oxygen atoms in total. The Morgan fingerprint density at radius 3 is 2.48 bits per heavy atom. The van der Waals surface area contributed by atoms with E-state index >= 15 is 0 Å². The summed E-state index contributed by atoms with van der Waals surface area (Å²) in [5.74, 6) is 0.934. The van der Waals surface area contributed by atoms with Crippen LogP contribution in [0.3, 0.4) is 0 Å². The van der Waals surface area contributed by atoms with Crippen LogP contribution in [0.25, 0.3) is 0 Å². The summed E-state index contributed by atoms with van der Waals surface area (Å²) in [6.07, 6.45) is 2.58. The Hall–Kier alpha value is -2.99. The highest BCUT2D eigenvalue weighted by Crippen LogP contribution is 2.28. The number of hydrogen-bond acceptors (Lipinski definition) is 5. The van der Waals surface area contributed by atoms with Crippen molar-refractivity contribution in [1.29, 1.82) is 0 Å². The zero-order chi connectivity index (χ0) is 20.6. The molecule has 1 amide bonds. The smallest absolute Gasteiger partial charge is 0.262 e. The second kappa shape index (κ2) is 9.98. The van der Waals surface area contributed by atoms with Gasteiger partial charge in [0.05, 0.1) is 7.11 Å². The average Bonchev–Trinajstić information content (AvgIpc) is 2.74. The first-order chi connectivity index (χ1) is 14.1. The molecule has 3 rings (SSSR count). The van der Waals surface area contributed by atoms with Gasteiger partial charge in [0.25, 0.3) is 5.91 Å². The van der Waals surface area contributed by atoms with Crippen LogP contribution in [0.4, 0.5) is 11.4 Å². The summed E-state index contributed by atoms with van der Waals surface area (Å²) in [6, 6.07) is 13.6. The summed E-state index contributed by atoms with van der Waals surface area (Å²) in [7, 11) is 3.73. The Balaban J connectivity index is 1.52. The summed E-state index contributed by atoms with van der Waals surface area (Å²) in [4.78, 5) is 17.0. The minimum atomic E-state index is -0.213. The minimum absolute atomic E-state index is 0.0859. The van der Waals surface area contributed by atoms with Crippen LogP contribution in [0.2, 0.25) is 0 Å². The Labute approximate surface area is 172 Å². The standard InChI is InChI=1S/C23H29N3O3/c1-4-5-18-6-11-21(22(16-18)28-3)29-17-23(27)24-19-7-9-20(10-8-19)26-14-12-25(2)13-15-26/h4,6-11,16H,1,5,12-15,17H2,2-3H3,(H,24,27). The Morgan fingerprint density at radius 2 is 1.83 bits per heavy atom. The molecule has 1 N–H and O–H groups in total. The number of allylic oxidation sites excluding steroid dienone is 1. The topological polar surface area (TPSA) is 54.0 Å². The Kier molecular flexibility index (Phi) is 7.14. The molecule has 0 aromatic heterocycles. The van der Waals surface area contributed by atoms with Gasteiger partial charge in [-0.2, -0.15) is 0 Å². The first kappa shape index (κ1) is 20.7. The highest BCUT2D eigenvalue weighted by molar-refractivity contribution is 5.92. The molecule has 1 saturated heterocycles. The third-order valence-electron chi connectivity index (χ3n) is 4.99. The van der Waals surface area contributed by atoms with Crippen LogP contribution in [-0.2, 0) is 11.2 Å². The van der Waals surface area contributed by atoms with Gasteiger partial charge >= 0.3 is 0 Å². The van der Waals surface area contributed by atoms with Crippen LogP contribution < -0.4 is 19.7 Å². The van der Waals surface area contributed by atoms with E-state index in [2.05, 4.69) is 28.7 Å². The number of carbonyl (C=O) groups is 1. The molecule has 6 heteroatoms. The van der Waals surface area contributed by atoms with Gasteiger partial charge in [-0.3, -0.25) is 4.79 Å². The number of nitrogens with zero attached hydrogens (tertiary/aromatic N) is 2. The van der Waals surface area contributed by atoms with E-state index in [-0.39, 0.29) is 12.5 Å². The van der Waals surface area contributed by atoms with Crippen molar-refractivity contribution in [3.05, 3.63) is 60.7 Å². The van der Waals surface area contributed by atoms with Gasteiger partial charge in [0.1, 0.15) is 0 Å². The van der Waals surface area contributed by atoms with E-state index in [1.807, 2.05) is 48.5 Å². The fraction of sp³-hybridized carbons (Fsp3) is 0.348. The molecule has 0 atom stereocenters. The molecule has 0 bridgehead atoms. The van der Waals surface area contributed by atoms with Crippen LogP contribution in [0, 0.1) is 0 Å². The van der Waals surface area contributed by atoms with Gasteiger partial charge in [-0.1, -0.05) is 12.1 Å². The molecule has 1 aliphatic heterocycles. The summed E-state index contributed by atoms with van der Waals surface area (Å²) in [6.45, 7) is 7.81. The number of anilines is 2. The minimum Gasteiger partial charge on any atom is -0.493 e. The summed E-state index contributed by atoms with van der Waals surface area (Å²) in [5, 5.41) is 2.87. The SMILES string of the molecule is C=CCc1ccc(OCC(=O)Nc2ccc(N3CCN(C)CC3)cc2)c(OC)c1. The van der Waals surface area contributed by atoms with Crippen LogP contribution in [0.1, 0.15) is 5.56 Å². The molecule has 0 unspecified atom stereocenters. The monoisotopic (exact) mass is 395 g/mol. The fourth-order valence-corrected chi connectivity index (χ4v) is 3.29. The lowest BCUT2D eigenvalue weighted by molar-refractivity contribution is -0.118. The molecular weight excluding hydrogens is 366 g/mol. The number of nitrogens with one attached hydrogen (secondary N) is 1. The molecule has 1 aliphatic rings. The van der Waals surface area contributed by atoms with Gasteiger partial charge in [-0.05, 0) is 55.4 Å². The van der Waals surface area contributed by atoms with E-state index in [1.54, 1.807) is 7.11 Å². The number of piperazine rings is 1. The van der Waals surface area contributed by atoms with Crippen molar-refractivity contribution < 1.29 is 14.3 Å². The molecule has 29 heavy (non-hydrogen) atoms. The number of ether oxygens (including phenoxy) is 2. The molecule has 0 saturated carbocycles. The lowest BCUT2D eigenvalue weighted by Crippen LogP contribution is -2.44. The van der Waals surface area contributed by atoms with Crippen LogP contribution in [0.5, 0.6) is 11.5 Å². The quantitative estimate of drug-likeness (QED) is 0.696. The molecule has 2 aromatic carbocycles. The van der Waals surface area contributed by atoms with Gasteiger partial charge in [-0.15, -0.1) is 6.58 Å². The van der Waals surface area contributed by atoms with Gasteiger partial charge in [-0.25, -0.2) is 0 Å². The number of carbonyl (C=O) groups excluding carboxylic acids is 1. The van der Waals surface area contributed by atoms with Crippen LogP contribution >= 0.6 is 0 Å². The van der Waals surface area contributed by atoms with E-state index in [0.29, 0.717) is 11.5 Å². The van der Waals surface area contributed by atoms with Gasteiger partial charge in [0.2, 0.25) is 0 Å². The molecule has 2 aromatic rings. The van der Waals surface area contributed by atoms with Crippen molar-refractivity contribution in [1.82, 2.24) is 4.90 Å². The number of amides is 1. The number of methoxy groups -OCH3 is 1. The van der Waals surface area contributed by atoms with Crippen molar-refractivity contribution in [3.63, 3.8) is 0 Å². The zero-order valence-electron chi connectivity index (χ0n) is 17.2. The van der Waals surface area contributed by atoms with E-state index in [0.717, 1.165) is 43.9 Å². The molecule has 0 aliphatic carbocycles. The lowest BCUT2D eigenvalue weighted by Gasteiger charge is -2.34. The normalized spacial score (nSPS) is 14.3. The second-order valence-electron chi connectivity index (χ2n) is 7.15. The molecular formula is C23H29N3O3. The highest BCUT2D eigenvalue weighted by Gasteiger charge is 2.14. The van der Waals surface area contributed by atoms with Crippen molar-refractivity contribution in [3.8, 4) is 11.5 Å². The van der Waals surface area contributed by atoms with Gasteiger partial charge < -0.3 is 24.6 Å². The number of likely N-dealkylation sites (N-methyl/N-ethyl adjacent to an activating group) is 1. The van der Waals surface area contributed by atoms with Crippen LogP contribution in [0.15, 0.2) is 55.1 Å². The summed E-state index contributed by atoms with van der Waals surface area (Å²) < 4.78 is 11.0. The predicted molar refractivity (Wildman–Crippen MR) is 117 cm³/mol. The number of benzene rings is 2. The molecule has 0 radical (unpaired) electrons. The molecule has 154 valence electrons. The largest absolute Gasteiger partial charge is 0.493 e. The first-order valence-corrected chi connectivity index (χ1v) is 9.83. The average molecular weight is 396 g/mol. The second-order valence-corrected chi connectivity index (χ2v) is 7.15. The maximum atomic E-state index is 12.3. The zero-order valence-corrected chi connectivity index (χ0v) is 17.2. The van der Waals surface area contributed by atoms with E-state index < -0.39 is 0 Å². The molecule has 0 spiro atoms. The lowest BCUT2D eigenvalue weighted by atomic mass is 10.1. The number of rotatable bonds is 8. The van der Waals surface area contributed by atoms with Gasteiger partial charge in [0.15, 0.2) is 18.1 Å². The van der Waals surface area contributed by atoms with Crippen molar-refractivity contribution >= 4 is 17.3 Å². The van der Waals surface area contributed by atoms with Crippen molar-refractivity contribution in [2.45, 2.75) is 6.42 Å². The van der Waals surface area contributed by atoms with E-state index in [4.69, 9.17) is 9.47 Å². The third-order valence-corrected chi connectivity index (χ3v) is 4.99. The summed E-state index contributed by atoms with van der Waals surface area (Å²) in [5.41, 5.74) is 3.01. The highest BCUT2D eigenvalue weighted by atomic mass is 16.5. The maximum absolute atomic E-state index is 12.3. The van der Waals surface area contributed by atoms with Crippen LogP contribution in [-0.4, -0.2) is 57.8 Å².